The van der Waals surface area contributed by atoms with Gasteiger partial charge in [0.2, 0.25) is 0 Å². The molecule has 116 valence electrons. The quantitative estimate of drug-likeness (QED) is 0.795. The molecule has 0 aliphatic carbocycles. The molecule has 1 heterocycles. The van der Waals surface area contributed by atoms with Crippen LogP contribution in [0.25, 0.3) is 0 Å². The minimum absolute atomic E-state index is 0.0760. The molecule has 1 aliphatic rings. The number of halogens is 4. The van der Waals surface area contributed by atoms with Crippen molar-refractivity contribution >= 4 is 21.8 Å². The summed E-state index contributed by atoms with van der Waals surface area (Å²) in [5.74, 6) is -1.36. The van der Waals surface area contributed by atoms with Gasteiger partial charge in [0.25, 0.3) is 5.91 Å². The molecule has 1 aromatic rings. The van der Waals surface area contributed by atoms with Crippen molar-refractivity contribution in [2.45, 2.75) is 19.0 Å². The maximum absolute atomic E-state index is 12.8. The van der Waals surface area contributed by atoms with Gasteiger partial charge in [0, 0.05) is 17.6 Å². The number of piperidine rings is 1. The van der Waals surface area contributed by atoms with Gasteiger partial charge in [-0.3, -0.25) is 4.79 Å². The third-order valence-electron chi connectivity index (χ3n) is 3.58. The second kappa shape index (κ2) is 6.25. The monoisotopic (exact) mass is 365 g/mol. The third kappa shape index (κ3) is 3.70. The average Bonchev–Trinajstić information content (AvgIpc) is 2.46. The van der Waals surface area contributed by atoms with Gasteiger partial charge in [-0.25, -0.2) is 0 Å². The van der Waals surface area contributed by atoms with Crippen LogP contribution in [-0.4, -0.2) is 37.2 Å². The molecule has 0 spiro atoms. The van der Waals surface area contributed by atoms with Crippen molar-refractivity contribution in [1.29, 1.82) is 0 Å². The fraction of sp³-hybridized carbons (Fsp3) is 0.500. The number of rotatable bonds is 2. The first-order chi connectivity index (χ1) is 9.82. The Morgan fingerprint density at radius 1 is 1.43 bits per heavy atom. The summed E-state index contributed by atoms with van der Waals surface area (Å²) in [5, 5.41) is 0. The number of methoxy groups -OCH3 is 1. The van der Waals surface area contributed by atoms with E-state index in [-0.39, 0.29) is 13.0 Å². The van der Waals surface area contributed by atoms with Crippen LogP contribution in [0.3, 0.4) is 0 Å². The fourth-order valence-corrected chi connectivity index (χ4v) is 2.81. The first kappa shape index (κ1) is 16.1. The lowest BCUT2D eigenvalue weighted by Crippen LogP contribution is -2.44. The van der Waals surface area contributed by atoms with Crippen LogP contribution in [0.4, 0.5) is 13.2 Å². The standard InChI is InChI=1S/C14H15BrF3NO2/c1-21-10-4-5-12(15)11(7-10)13(20)19-6-2-3-9(8-19)14(16,17)18/h4-5,7,9H,2-3,6,8H2,1H3. The van der Waals surface area contributed by atoms with Gasteiger partial charge in [0.15, 0.2) is 0 Å². The van der Waals surface area contributed by atoms with Crippen LogP contribution in [0.15, 0.2) is 22.7 Å². The van der Waals surface area contributed by atoms with Crippen molar-refractivity contribution in [3.63, 3.8) is 0 Å². The molecule has 1 aliphatic heterocycles. The Morgan fingerprint density at radius 2 is 2.14 bits per heavy atom. The topological polar surface area (TPSA) is 29.5 Å². The van der Waals surface area contributed by atoms with Gasteiger partial charge in [-0.2, -0.15) is 13.2 Å². The average molecular weight is 366 g/mol. The summed E-state index contributed by atoms with van der Waals surface area (Å²) in [6.07, 6.45) is -3.82. The second-order valence-corrected chi connectivity index (χ2v) is 5.83. The summed E-state index contributed by atoms with van der Waals surface area (Å²) in [6, 6.07) is 4.86. The van der Waals surface area contributed by atoms with Crippen molar-refractivity contribution in [1.82, 2.24) is 4.90 Å². The van der Waals surface area contributed by atoms with E-state index < -0.39 is 18.0 Å². The van der Waals surface area contributed by atoms with Gasteiger partial charge in [-0.1, -0.05) is 0 Å². The lowest BCUT2D eigenvalue weighted by Gasteiger charge is -2.34. The lowest BCUT2D eigenvalue weighted by atomic mass is 9.97. The van der Waals surface area contributed by atoms with Gasteiger partial charge in [0.1, 0.15) is 5.75 Å². The maximum atomic E-state index is 12.8. The summed E-state index contributed by atoms with van der Waals surface area (Å²) in [4.78, 5) is 13.7. The van der Waals surface area contributed by atoms with Crippen molar-refractivity contribution in [2.24, 2.45) is 5.92 Å². The van der Waals surface area contributed by atoms with Crippen LogP contribution in [0.1, 0.15) is 23.2 Å². The van der Waals surface area contributed by atoms with Gasteiger partial charge < -0.3 is 9.64 Å². The van der Waals surface area contributed by atoms with Gasteiger partial charge in [0.05, 0.1) is 18.6 Å². The molecule has 0 radical (unpaired) electrons. The van der Waals surface area contributed by atoms with E-state index in [1.165, 1.54) is 18.1 Å². The molecule has 1 aromatic carbocycles. The normalized spacial score (nSPS) is 19.5. The van der Waals surface area contributed by atoms with Crippen LogP contribution in [0.2, 0.25) is 0 Å². The molecule has 1 atom stereocenters. The number of carbonyl (C=O) groups excluding carboxylic acids is 1. The molecule has 0 bridgehead atoms. The van der Waals surface area contributed by atoms with Crippen LogP contribution in [0.5, 0.6) is 5.75 Å². The zero-order valence-electron chi connectivity index (χ0n) is 11.4. The molecule has 1 unspecified atom stereocenters. The minimum Gasteiger partial charge on any atom is -0.497 e. The minimum atomic E-state index is -4.26. The molecule has 1 fully saturated rings. The molecule has 1 saturated heterocycles. The Balaban J connectivity index is 2.20. The van der Waals surface area contributed by atoms with E-state index in [1.807, 2.05) is 0 Å². The first-order valence-corrected chi connectivity index (χ1v) is 7.31. The zero-order valence-corrected chi connectivity index (χ0v) is 13.0. The summed E-state index contributed by atoms with van der Waals surface area (Å²) in [6.45, 7) is 0.0566. The Kier molecular flexibility index (Phi) is 4.81. The largest absolute Gasteiger partial charge is 0.497 e. The van der Waals surface area contributed by atoms with Crippen molar-refractivity contribution in [3.05, 3.63) is 28.2 Å². The van der Waals surface area contributed by atoms with Crippen LogP contribution >= 0.6 is 15.9 Å². The van der Waals surface area contributed by atoms with Crippen molar-refractivity contribution in [2.75, 3.05) is 20.2 Å². The first-order valence-electron chi connectivity index (χ1n) is 6.52. The highest BCUT2D eigenvalue weighted by molar-refractivity contribution is 9.10. The number of alkyl halides is 3. The van der Waals surface area contributed by atoms with E-state index in [4.69, 9.17) is 4.74 Å². The van der Waals surface area contributed by atoms with Gasteiger partial charge >= 0.3 is 6.18 Å². The zero-order chi connectivity index (χ0) is 15.6. The Bertz CT molecular complexity index is 533. The number of benzene rings is 1. The third-order valence-corrected chi connectivity index (χ3v) is 4.27. The van der Waals surface area contributed by atoms with Gasteiger partial charge in [-0.05, 0) is 47.0 Å². The Hall–Kier alpha value is -1.24. The maximum Gasteiger partial charge on any atom is 0.393 e. The molecule has 7 heteroatoms. The number of amides is 1. The molecule has 21 heavy (non-hydrogen) atoms. The molecule has 1 amide bonds. The van der Waals surface area contributed by atoms with E-state index in [9.17, 15) is 18.0 Å². The Morgan fingerprint density at radius 3 is 2.76 bits per heavy atom. The number of nitrogens with zero attached hydrogens (tertiary/aromatic N) is 1. The summed E-state index contributed by atoms with van der Waals surface area (Å²) in [7, 11) is 1.47. The van der Waals surface area contributed by atoms with Gasteiger partial charge in [-0.15, -0.1) is 0 Å². The van der Waals surface area contributed by atoms with Crippen LogP contribution in [0, 0.1) is 5.92 Å². The predicted octanol–water partition coefficient (Wildman–Crippen LogP) is 3.87. The smallest absolute Gasteiger partial charge is 0.393 e. The van der Waals surface area contributed by atoms with E-state index in [0.29, 0.717) is 28.8 Å². The highest BCUT2D eigenvalue weighted by atomic mass is 79.9. The lowest BCUT2D eigenvalue weighted by molar-refractivity contribution is -0.184. The van der Waals surface area contributed by atoms with E-state index in [1.54, 1.807) is 12.1 Å². The number of likely N-dealkylation sites (tertiary alicyclic amines) is 1. The number of ether oxygens (including phenoxy) is 1. The van der Waals surface area contributed by atoms with Crippen molar-refractivity contribution in [3.8, 4) is 5.75 Å². The number of hydrogen-bond donors (Lipinski definition) is 0. The molecule has 0 N–H and O–H groups in total. The number of carbonyl (C=O) groups is 1. The highest BCUT2D eigenvalue weighted by Crippen LogP contribution is 2.34. The second-order valence-electron chi connectivity index (χ2n) is 4.98. The predicted molar refractivity (Wildman–Crippen MR) is 75.4 cm³/mol. The fourth-order valence-electron chi connectivity index (χ4n) is 2.39. The molecular formula is C14H15BrF3NO2. The summed E-state index contributed by atoms with van der Waals surface area (Å²) >= 11 is 3.26. The van der Waals surface area contributed by atoms with Crippen LogP contribution in [-0.2, 0) is 0 Å². The summed E-state index contributed by atoms with van der Waals surface area (Å²) in [5.41, 5.74) is 0.317. The van der Waals surface area contributed by atoms with E-state index in [2.05, 4.69) is 15.9 Å². The van der Waals surface area contributed by atoms with Crippen molar-refractivity contribution < 1.29 is 22.7 Å². The summed E-state index contributed by atoms with van der Waals surface area (Å²) < 4.78 is 44.0. The molecular weight excluding hydrogens is 351 g/mol. The highest BCUT2D eigenvalue weighted by Gasteiger charge is 2.42. The van der Waals surface area contributed by atoms with E-state index in [0.717, 1.165) is 0 Å². The molecule has 0 aromatic heterocycles. The SMILES string of the molecule is COc1ccc(Br)c(C(=O)N2CCCC(C(F)(F)F)C2)c1. The van der Waals surface area contributed by atoms with E-state index >= 15 is 0 Å². The van der Waals surface area contributed by atoms with Crippen LogP contribution < -0.4 is 4.74 Å². The molecule has 2 rings (SSSR count). The molecule has 3 nitrogen and oxygen atoms in total. The Labute approximate surface area is 129 Å². The molecule has 0 saturated carbocycles. The number of hydrogen-bond acceptors (Lipinski definition) is 2.